The third-order valence-electron chi connectivity index (χ3n) is 6.25. The van der Waals surface area contributed by atoms with Crippen molar-refractivity contribution in [2.45, 2.75) is 46.8 Å². The van der Waals surface area contributed by atoms with Crippen molar-refractivity contribution in [2.24, 2.45) is 0 Å². The number of nitrogens with zero attached hydrogens (tertiary/aromatic N) is 5. The minimum Gasteiger partial charge on any atom is -0.486 e. The number of aryl methyl sites for hydroxylation is 1. The van der Waals surface area contributed by atoms with E-state index in [0.29, 0.717) is 48.5 Å². The predicted molar refractivity (Wildman–Crippen MR) is 136 cm³/mol. The molecule has 0 fully saturated rings. The number of aromatic amines is 1. The van der Waals surface area contributed by atoms with Gasteiger partial charge in [0.05, 0.1) is 11.8 Å². The Morgan fingerprint density at radius 3 is 2.95 bits per heavy atom. The molecule has 1 amide bonds. The second-order valence-corrected chi connectivity index (χ2v) is 8.82. The van der Waals surface area contributed by atoms with E-state index in [1.165, 1.54) is 6.08 Å². The molecule has 4 aromatic rings. The maximum Gasteiger partial charge on any atom is 0.246 e. The molecular weight excluding hydrogens is 472 g/mol. The Balaban J connectivity index is 1.38. The smallest absolute Gasteiger partial charge is 0.246 e. The van der Waals surface area contributed by atoms with Crippen molar-refractivity contribution in [2.75, 3.05) is 6.54 Å². The van der Waals surface area contributed by atoms with Crippen LogP contribution >= 0.6 is 0 Å². The normalized spacial score (nSPS) is 13.8. The summed E-state index contributed by atoms with van der Waals surface area (Å²) in [5.41, 5.74) is 4.56. The maximum absolute atomic E-state index is 12.8. The molecule has 0 aliphatic carbocycles. The van der Waals surface area contributed by atoms with E-state index < -0.39 is 0 Å². The zero-order chi connectivity index (χ0) is 25.8. The summed E-state index contributed by atoms with van der Waals surface area (Å²) < 4.78 is 17.4. The van der Waals surface area contributed by atoms with Crippen LogP contribution in [0.25, 0.3) is 23.0 Å². The SMILES string of the molecule is CC/C=C(\C)c1nc(COc2cc3c(cc2-c2nn[nH]n2)CCN(C(=O)/C=C/c2ccco2)C3)c(C)o1. The summed E-state index contributed by atoms with van der Waals surface area (Å²) in [4.78, 5) is 19.2. The fourth-order valence-electron chi connectivity index (χ4n) is 4.26. The van der Waals surface area contributed by atoms with Crippen molar-refractivity contribution >= 4 is 17.6 Å². The van der Waals surface area contributed by atoms with E-state index in [0.717, 1.165) is 34.4 Å². The van der Waals surface area contributed by atoms with Gasteiger partial charge >= 0.3 is 0 Å². The van der Waals surface area contributed by atoms with Crippen molar-refractivity contribution < 1.29 is 18.4 Å². The van der Waals surface area contributed by atoms with Gasteiger partial charge in [0.1, 0.15) is 29.6 Å². The van der Waals surface area contributed by atoms with E-state index in [2.05, 4.69) is 38.6 Å². The summed E-state index contributed by atoms with van der Waals surface area (Å²) >= 11 is 0. The second-order valence-electron chi connectivity index (χ2n) is 8.82. The van der Waals surface area contributed by atoms with Crippen LogP contribution in [-0.4, -0.2) is 43.0 Å². The molecule has 0 atom stereocenters. The van der Waals surface area contributed by atoms with Gasteiger partial charge in [-0.3, -0.25) is 4.79 Å². The summed E-state index contributed by atoms with van der Waals surface area (Å²) in [6.07, 6.45) is 8.47. The van der Waals surface area contributed by atoms with E-state index in [-0.39, 0.29) is 12.5 Å². The fourth-order valence-corrected chi connectivity index (χ4v) is 4.26. The first kappa shape index (κ1) is 24.2. The summed E-state index contributed by atoms with van der Waals surface area (Å²) in [5, 5.41) is 14.5. The molecule has 37 heavy (non-hydrogen) atoms. The average molecular weight is 501 g/mol. The fraction of sp³-hybridized carbons (Fsp3) is 0.296. The highest BCUT2D eigenvalue weighted by molar-refractivity contribution is 5.91. The Labute approximate surface area is 214 Å². The number of rotatable bonds is 8. The molecule has 0 saturated heterocycles. The Hall–Kier alpha value is -4.47. The van der Waals surface area contributed by atoms with Gasteiger partial charge in [-0.15, -0.1) is 10.2 Å². The number of allylic oxidation sites excluding steroid dienone is 2. The van der Waals surface area contributed by atoms with Gasteiger partial charge in [-0.2, -0.15) is 5.21 Å². The quantitative estimate of drug-likeness (QED) is 0.344. The Kier molecular flexibility index (Phi) is 6.98. The van der Waals surface area contributed by atoms with Crippen LogP contribution in [0.5, 0.6) is 5.75 Å². The van der Waals surface area contributed by atoms with Gasteiger partial charge < -0.3 is 18.5 Å². The molecule has 0 spiro atoms. The summed E-state index contributed by atoms with van der Waals surface area (Å²) in [7, 11) is 0. The largest absolute Gasteiger partial charge is 0.486 e. The first-order valence-corrected chi connectivity index (χ1v) is 12.2. The molecule has 3 aromatic heterocycles. The molecule has 4 heterocycles. The van der Waals surface area contributed by atoms with Gasteiger partial charge in [0.25, 0.3) is 0 Å². The van der Waals surface area contributed by atoms with Crippen LogP contribution in [0.15, 0.2) is 51.5 Å². The van der Waals surface area contributed by atoms with Crippen LogP contribution in [0.4, 0.5) is 0 Å². The lowest BCUT2D eigenvalue weighted by molar-refractivity contribution is -0.126. The lowest BCUT2D eigenvalue weighted by atomic mass is 9.96. The molecule has 10 nitrogen and oxygen atoms in total. The number of ether oxygens (including phenoxy) is 1. The molecule has 1 aliphatic rings. The molecule has 0 radical (unpaired) electrons. The molecule has 190 valence electrons. The van der Waals surface area contributed by atoms with Crippen molar-refractivity contribution in [1.29, 1.82) is 0 Å². The number of hydrogen-bond acceptors (Lipinski definition) is 8. The number of tetrazole rings is 1. The summed E-state index contributed by atoms with van der Waals surface area (Å²) in [6.45, 7) is 7.21. The number of benzene rings is 1. The Morgan fingerprint density at radius 2 is 2.19 bits per heavy atom. The van der Waals surface area contributed by atoms with Crippen LogP contribution in [0.2, 0.25) is 0 Å². The zero-order valence-corrected chi connectivity index (χ0v) is 21.0. The van der Waals surface area contributed by atoms with Crippen LogP contribution < -0.4 is 4.74 Å². The number of nitrogens with one attached hydrogen (secondary N) is 1. The van der Waals surface area contributed by atoms with Gasteiger partial charge in [0.2, 0.25) is 17.6 Å². The average Bonchev–Trinajstić information content (AvgIpc) is 3.68. The lowest BCUT2D eigenvalue weighted by Crippen LogP contribution is -2.34. The number of amides is 1. The molecule has 5 rings (SSSR count). The van der Waals surface area contributed by atoms with Gasteiger partial charge in [-0.05, 0) is 73.4 Å². The number of furan rings is 1. The van der Waals surface area contributed by atoms with Crippen molar-refractivity contribution in [3.05, 3.63) is 76.9 Å². The van der Waals surface area contributed by atoms with Crippen LogP contribution in [0.1, 0.15) is 54.5 Å². The molecule has 0 saturated carbocycles. The van der Waals surface area contributed by atoms with Crippen molar-refractivity contribution in [1.82, 2.24) is 30.5 Å². The van der Waals surface area contributed by atoms with E-state index in [9.17, 15) is 4.79 Å². The van der Waals surface area contributed by atoms with E-state index in [1.807, 2.05) is 26.0 Å². The third kappa shape index (κ3) is 5.37. The first-order valence-electron chi connectivity index (χ1n) is 12.2. The van der Waals surface area contributed by atoms with Crippen LogP contribution in [0.3, 0.4) is 0 Å². The Morgan fingerprint density at radius 1 is 1.30 bits per heavy atom. The highest BCUT2D eigenvalue weighted by Crippen LogP contribution is 2.34. The number of oxazole rings is 1. The summed E-state index contributed by atoms with van der Waals surface area (Å²) in [6, 6.07) is 7.56. The standard InChI is InChI=1S/C27H28N6O4/c1-4-6-17(2)27-28-23(18(3)37-27)16-36-24-14-20-15-33(25(34)9-8-21-7-5-12-35-21)11-10-19(20)13-22(24)26-29-31-32-30-26/h5-9,12-14H,4,10-11,15-16H2,1-3H3,(H,29,30,31,32)/b9-8+,17-6+. The van der Waals surface area contributed by atoms with Gasteiger partial charge in [-0.1, -0.05) is 13.0 Å². The number of fused-ring (bicyclic) bond motifs is 1. The molecule has 1 aromatic carbocycles. The molecule has 0 bridgehead atoms. The minimum absolute atomic E-state index is 0.0759. The van der Waals surface area contributed by atoms with Crippen molar-refractivity contribution in [3.8, 4) is 17.1 Å². The van der Waals surface area contributed by atoms with Crippen LogP contribution in [-0.2, 0) is 24.4 Å². The Bertz CT molecular complexity index is 1430. The molecule has 1 N–H and O–H groups in total. The molecular formula is C27H28N6O4. The van der Waals surface area contributed by atoms with Gasteiger partial charge in [0, 0.05) is 24.7 Å². The topological polar surface area (TPSA) is 123 Å². The number of hydrogen-bond donors (Lipinski definition) is 1. The van der Waals surface area contributed by atoms with E-state index >= 15 is 0 Å². The van der Waals surface area contributed by atoms with Gasteiger partial charge in [-0.25, -0.2) is 4.98 Å². The lowest BCUT2D eigenvalue weighted by Gasteiger charge is -2.29. The first-order chi connectivity index (χ1) is 18.0. The third-order valence-corrected chi connectivity index (χ3v) is 6.25. The number of carbonyl (C=O) groups is 1. The monoisotopic (exact) mass is 500 g/mol. The number of aromatic nitrogens is 5. The zero-order valence-electron chi connectivity index (χ0n) is 21.0. The predicted octanol–water partition coefficient (Wildman–Crippen LogP) is 4.75. The number of H-pyrrole nitrogens is 1. The molecule has 0 unspecified atom stereocenters. The molecule has 1 aliphatic heterocycles. The number of carbonyl (C=O) groups excluding carboxylic acids is 1. The van der Waals surface area contributed by atoms with E-state index in [4.69, 9.17) is 13.6 Å². The minimum atomic E-state index is -0.0759. The molecule has 10 heteroatoms. The van der Waals surface area contributed by atoms with Gasteiger partial charge in [0.15, 0.2) is 0 Å². The van der Waals surface area contributed by atoms with E-state index in [1.54, 1.807) is 29.4 Å². The van der Waals surface area contributed by atoms with Crippen molar-refractivity contribution in [3.63, 3.8) is 0 Å². The second kappa shape index (κ2) is 10.7. The maximum atomic E-state index is 12.8. The highest BCUT2D eigenvalue weighted by atomic mass is 16.5. The summed E-state index contributed by atoms with van der Waals surface area (Å²) in [5.74, 6) is 2.89. The van der Waals surface area contributed by atoms with Crippen LogP contribution in [0, 0.1) is 6.92 Å². The highest BCUT2D eigenvalue weighted by Gasteiger charge is 2.24.